The van der Waals surface area contributed by atoms with Crippen molar-refractivity contribution >= 4 is 17.9 Å². The van der Waals surface area contributed by atoms with Crippen LogP contribution in [-0.2, 0) is 11.2 Å². The van der Waals surface area contributed by atoms with Gasteiger partial charge in [-0.25, -0.2) is 4.79 Å². The van der Waals surface area contributed by atoms with Crippen LogP contribution in [0.4, 0.5) is 4.79 Å². The molecule has 0 unspecified atom stereocenters. The summed E-state index contributed by atoms with van der Waals surface area (Å²) in [6.07, 6.45) is 0.772. The van der Waals surface area contributed by atoms with Gasteiger partial charge in [-0.1, -0.05) is 6.07 Å². The third-order valence-corrected chi connectivity index (χ3v) is 3.94. The second kappa shape index (κ2) is 9.50. The average Bonchev–Trinajstić information content (AvgIpc) is 2.98. The van der Waals surface area contributed by atoms with Crippen LogP contribution in [-0.4, -0.2) is 70.2 Å². The molecule has 1 aliphatic heterocycles. The number of guanidine groups is 1. The topological polar surface area (TPSA) is 104 Å². The van der Waals surface area contributed by atoms with Gasteiger partial charge >= 0.3 is 6.03 Å². The lowest BCUT2D eigenvalue weighted by Crippen LogP contribution is -2.43. The number of ether oxygens (including phenoxy) is 2. The monoisotopic (exact) mass is 363 g/mol. The van der Waals surface area contributed by atoms with Gasteiger partial charge < -0.3 is 25.4 Å². The summed E-state index contributed by atoms with van der Waals surface area (Å²) in [5.74, 6) is 1.79. The van der Waals surface area contributed by atoms with E-state index >= 15 is 0 Å². The maximum Gasteiger partial charge on any atom is 0.324 e. The highest BCUT2D eigenvalue weighted by Gasteiger charge is 2.27. The minimum absolute atomic E-state index is 0.0666. The number of urea groups is 1. The van der Waals surface area contributed by atoms with Crippen molar-refractivity contribution in [2.24, 2.45) is 4.99 Å². The van der Waals surface area contributed by atoms with E-state index in [9.17, 15) is 9.59 Å². The molecule has 1 aromatic carbocycles. The van der Waals surface area contributed by atoms with Crippen LogP contribution < -0.4 is 25.4 Å². The van der Waals surface area contributed by atoms with Gasteiger partial charge in [-0.15, -0.1) is 0 Å². The number of rotatable bonds is 8. The Morgan fingerprint density at radius 1 is 1.19 bits per heavy atom. The number of benzene rings is 1. The standard InChI is InChI=1S/C17H25N5O4/c1-18-16(20-8-9-22-15(23)11-21-17(22)24)19-7-6-12-4-5-13(25-2)14(10-12)26-3/h4-5,10H,6-9,11H2,1-3H3,(H,21,24)(H2,18,19,20). The summed E-state index contributed by atoms with van der Waals surface area (Å²) >= 11 is 0. The van der Waals surface area contributed by atoms with Crippen molar-refractivity contribution < 1.29 is 19.1 Å². The highest BCUT2D eigenvalue weighted by Crippen LogP contribution is 2.27. The zero-order valence-corrected chi connectivity index (χ0v) is 15.3. The Bertz CT molecular complexity index is 661. The van der Waals surface area contributed by atoms with Crippen molar-refractivity contribution in [3.05, 3.63) is 23.8 Å². The van der Waals surface area contributed by atoms with E-state index in [-0.39, 0.29) is 18.5 Å². The zero-order chi connectivity index (χ0) is 18.9. The van der Waals surface area contributed by atoms with Crippen molar-refractivity contribution in [2.75, 3.05) is 47.4 Å². The van der Waals surface area contributed by atoms with E-state index in [4.69, 9.17) is 9.47 Å². The summed E-state index contributed by atoms with van der Waals surface area (Å²) in [7, 11) is 4.88. The van der Waals surface area contributed by atoms with E-state index < -0.39 is 0 Å². The fourth-order valence-corrected chi connectivity index (χ4v) is 2.55. The number of nitrogens with one attached hydrogen (secondary N) is 3. The first-order valence-electron chi connectivity index (χ1n) is 8.32. The molecule has 0 atom stereocenters. The molecule has 9 nitrogen and oxygen atoms in total. The van der Waals surface area contributed by atoms with E-state index in [1.807, 2.05) is 18.2 Å². The Kier molecular flexibility index (Phi) is 7.07. The number of hydrogen-bond acceptors (Lipinski definition) is 5. The number of aliphatic imine (C=N–C) groups is 1. The summed E-state index contributed by atoms with van der Waals surface area (Å²) in [6.45, 7) is 1.45. The summed E-state index contributed by atoms with van der Waals surface area (Å²) in [4.78, 5) is 28.3. The van der Waals surface area contributed by atoms with Crippen LogP contribution in [0.25, 0.3) is 0 Å². The molecule has 142 valence electrons. The van der Waals surface area contributed by atoms with Gasteiger partial charge in [-0.2, -0.15) is 0 Å². The summed E-state index contributed by atoms with van der Waals surface area (Å²) in [6, 6.07) is 5.44. The number of methoxy groups -OCH3 is 2. The molecule has 0 aromatic heterocycles. The molecule has 9 heteroatoms. The Balaban J connectivity index is 1.75. The van der Waals surface area contributed by atoms with Crippen LogP contribution in [0.1, 0.15) is 5.56 Å². The first-order valence-corrected chi connectivity index (χ1v) is 8.32. The molecule has 0 saturated carbocycles. The molecule has 1 aliphatic rings. The molecule has 3 amide bonds. The molecular formula is C17H25N5O4. The van der Waals surface area contributed by atoms with Crippen molar-refractivity contribution in [3.8, 4) is 11.5 Å². The zero-order valence-electron chi connectivity index (χ0n) is 15.3. The first kappa shape index (κ1) is 19.4. The Morgan fingerprint density at radius 2 is 1.92 bits per heavy atom. The lowest BCUT2D eigenvalue weighted by molar-refractivity contribution is -0.124. The molecule has 3 N–H and O–H groups in total. The molecule has 26 heavy (non-hydrogen) atoms. The van der Waals surface area contributed by atoms with Gasteiger partial charge in [0.2, 0.25) is 5.91 Å². The second-order valence-corrected chi connectivity index (χ2v) is 5.57. The van der Waals surface area contributed by atoms with E-state index in [2.05, 4.69) is 20.9 Å². The van der Waals surface area contributed by atoms with Gasteiger partial charge in [0, 0.05) is 26.7 Å². The minimum Gasteiger partial charge on any atom is -0.493 e. The molecule has 1 fully saturated rings. The SMILES string of the molecule is CN=C(NCCc1ccc(OC)c(OC)c1)NCCN1C(=O)CNC1=O. The molecule has 2 rings (SSSR count). The van der Waals surface area contributed by atoms with E-state index in [0.717, 1.165) is 12.0 Å². The van der Waals surface area contributed by atoms with Gasteiger partial charge in [0.25, 0.3) is 0 Å². The van der Waals surface area contributed by atoms with E-state index in [1.54, 1.807) is 21.3 Å². The van der Waals surface area contributed by atoms with Crippen LogP contribution in [0.15, 0.2) is 23.2 Å². The van der Waals surface area contributed by atoms with Crippen molar-refractivity contribution in [2.45, 2.75) is 6.42 Å². The third kappa shape index (κ3) is 5.01. The summed E-state index contributed by atoms with van der Waals surface area (Å²) in [5.41, 5.74) is 1.10. The Hall–Kier alpha value is -2.97. The lowest BCUT2D eigenvalue weighted by atomic mass is 10.1. The fourth-order valence-electron chi connectivity index (χ4n) is 2.55. The maximum absolute atomic E-state index is 11.5. The minimum atomic E-state index is -0.354. The fraction of sp³-hybridized carbons (Fsp3) is 0.471. The average molecular weight is 363 g/mol. The van der Waals surface area contributed by atoms with Gasteiger partial charge in [-0.3, -0.25) is 14.7 Å². The molecule has 1 saturated heterocycles. The first-order chi connectivity index (χ1) is 12.6. The van der Waals surface area contributed by atoms with Crippen molar-refractivity contribution in [3.63, 3.8) is 0 Å². The lowest BCUT2D eigenvalue weighted by Gasteiger charge is -2.15. The smallest absolute Gasteiger partial charge is 0.324 e. The number of carbonyl (C=O) groups excluding carboxylic acids is 2. The number of hydrogen-bond donors (Lipinski definition) is 3. The van der Waals surface area contributed by atoms with Crippen LogP contribution in [0.3, 0.4) is 0 Å². The predicted molar refractivity (Wildman–Crippen MR) is 97.7 cm³/mol. The van der Waals surface area contributed by atoms with Gasteiger partial charge in [-0.05, 0) is 24.1 Å². The number of nitrogens with zero attached hydrogens (tertiary/aromatic N) is 2. The maximum atomic E-state index is 11.5. The molecule has 0 bridgehead atoms. The van der Waals surface area contributed by atoms with Gasteiger partial charge in [0.1, 0.15) is 0 Å². The molecule has 1 aromatic rings. The van der Waals surface area contributed by atoms with Crippen molar-refractivity contribution in [1.82, 2.24) is 20.9 Å². The highest BCUT2D eigenvalue weighted by molar-refractivity contribution is 6.01. The van der Waals surface area contributed by atoms with Crippen LogP contribution in [0.5, 0.6) is 11.5 Å². The van der Waals surface area contributed by atoms with Crippen LogP contribution in [0.2, 0.25) is 0 Å². The van der Waals surface area contributed by atoms with E-state index in [1.165, 1.54) is 4.90 Å². The quantitative estimate of drug-likeness (QED) is 0.340. The number of carbonyl (C=O) groups is 2. The predicted octanol–water partition coefficient (Wildman–Crippen LogP) is -0.0369. The summed E-state index contributed by atoms with van der Waals surface area (Å²) in [5, 5.41) is 8.77. The number of imide groups is 1. The largest absolute Gasteiger partial charge is 0.493 e. The van der Waals surface area contributed by atoms with Crippen molar-refractivity contribution in [1.29, 1.82) is 0 Å². The number of amides is 3. The second-order valence-electron chi connectivity index (χ2n) is 5.57. The normalized spacial score (nSPS) is 14.3. The summed E-state index contributed by atoms with van der Waals surface area (Å²) < 4.78 is 10.5. The van der Waals surface area contributed by atoms with Crippen LogP contribution >= 0.6 is 0 Å². The molecule has 1 heterocycles. The highest BCUT2D eigenvalue weighted by atomic mass is 16.5. The molecule has 0 radical (unpaired) electrons. The van der Waals surface area contributed by atoms with Gasteiger partial charge in [0.05, 0.1) is 20.8 Å². The third-order valence-electron chi connectivity index (χ3n) is 3.94. The molecule has 0 aliphatic carbocycles. The van der Waals surface area contributed by atoms with E-state index in [0.29, 0.717) is 37.1 Å². The Labute approximate surface area is 152 Å². The van der Waals surface area contributed by atoms with Gasteiger partial charge in [0.15, 0.2) is 17.5 Å². The van der Waals surface area contributed by atoms with Crippen LogP contribution in [0, 0.1) is 0 Å². The Morgan fingerprint density at radius 3 is 2.54 bits per heavy atom. The molecular weight excluding hydrogens is 338 g/mol. The molecule has 0 spiro atoms.